The van der Waals surface area contributed by atoms with Gasteiger partial charge in [-0.15, -0.1) is 0 Å². The van der Waals surface area contributed by atoms with Crippen molar-refractivity contribution in [2.45, 2.75) is 31.8 Å². The molecular weight excluding hydrogens is 256 g/mol. The first-order valence-electron chi connectivity index (χ1n) is 7.18. The number of urea groups is 1. The van der Waals surface area contributed by atoms with Gasteiger partial charge >= 0.3 is 6.03 Å². The maximum absolute atomic E-state index is 12.4. The van der Waals surface area contributed by atoms with Gasteiger partial charge in [0.2, 0.25) is 0 Å². The lowest BCUT2D eigenvalue weighted by Crippen LogP contribution is -2.50. The SMILES string of the molecule is CCOc1ccc(NC(=O)N2[C@@H]3CC[C@@H]2COC3)cc1. The molecular formula is C15H20N2O3. The van der Waals surface area contributed by atoms with Crippen LogP contribution in [0.2, 0.25) is 0 Å². The van der Waals surface area contributed by atoms with Crippen molar-refractivity contribution in [1.82, 2.24) is 4.90 Å². The highest BCUT2D eigenvalue weighted by molar-refractivity contribution is 5.90. The zero-order valence-corrected chi connectivity index (χ0v) is 11.7. The second-order valence-corrected chi connectivity index (χ2v) is 5.22. The van der Waals surface area contributed by atoms with E-state index in [0.717, 1.165) is 24.3 Å². The van der Waals surface area contributed by atoms with Crippen LogP contribution in [0.4, 0.5) is 10.5 Å². The molecule has 2 saturated heterocycles. The molecule has 5 heteroatoms. The topological polar surface area (TPSA) is 50.8 Å². The van der Waals surface area contributed by atoms with Crippen LogP contribution in [0, 0.1) is 0 Å². The first-order chi connectivity index (χ1) is 9.78. The molecule has 0 radical (unpaired) electrons. The summed E-state index contributed by atoms with van der Waals surface area (Å²) in [7, 11) is 0. The third-order valence-electron chi connectivity index (χ3n) is 3.89. The molecule has 5 nitrogen and oxygen atoms in total. The Labute approximate surface area is 118 Å². The number of ether oxygens (including phenoxy) is 2. The molecule has 2 amide bonds. The molecule has 2 atom stereocenters. The quantitative estimate of drug-likeness (QED) is 0.922. The van der Waals surface area contributed by atoms with Gasteiger partial charge in [0.15, 0.2) is 0 Å². The zero-order chi connectivity index (χ0) is 13.9. The van der Waals surface area contributed by atoms with Gasteiger partial charge in [0.1, 0.15) is 5.75 Å². The summed E-state index contributed by atoms with van der Waals surface area (Å²) >= 11 is 0. The van der Waals surface area contributed by atoms with Crippen LogP contribution in [0.3, 0.4) is 0 Å². The highest BCUT2D eigenvalue weighted by Gasteiger charge is 2.40. The molecule has 3 rings (SSSR count). The number of amides is 2. The Hall–Kier alpha value is -1.75. The number of morpholine rings is 1. The van der Waals surface area contributed by atoms with Crippen LogP contribution in [-0.4, -0.2) is 42.8 Å². The summed E-state index contributed by atoms with van der Waals surface area (Å²) in [5.41, 5.74) is 0.796. The van der Waals surface area contributed by atoms with Crippen molar-refractivity contribution >= 4 is 11.7 Å². The highest BCUT2D eigenvalue weighted by atomic mass is 16.5. The minimum absolute atomic E-state index is 0.0232. The third-order valence-corrected chi connectivity index (χ3v) is 3.89. The lowest BCUT2D eigenvalue weighted by Gasteiger charge is -2.34. The summed E-state index contributed by atoms with van der Waals surface area (Å²) in [6, 6.07) is 7.91. The van der Waals surface area contributed by atoms with Gasteiger partial charge in [-0.25, -0.2) is 4.79 Å². The van der Waals surface area contributed by atoms with E-state index < -0.39 is 0 Å². The summed E-state index contributed by atoms with van der Waals surface area (Å²) < 4.78 is 10.9. The summed E-state index contributed by atoms with van der Waals surface area (Å²) in [4.78, 5) is 14.3. The molecule has 1 N–H and O–H groups in total. The minimum atomic E-state index is -0.0232. The number of fused-ring (bicyclic) bond motifs is 2. The predicted octanol–water partition coefficient (Wildman–Crippen LogP) is 2.48. The predicted molar refractivity (Wildman–Crippen MR) is 76.1 cm³/mol. The van der Waals surface area contributed by atoms with E-state index >= 15 is 0 Å². The zero-order valence-electron chi connectivity index (χ0n) is 11.7. The van der Waals surface area contributed by atoms with Crippen LogP contribution in [0.1, 0.15) is 19.8 Å². The van der Waals surface area contributed by atoms with Gasteiger partial charge in [0, 0.05) is 5.69 Å². The van der Waals surface area contributed by atoms with Crippen LogP contribution < -0.4 is 10.1 Å². The number of anilines is 1. The molecule has 2 aliphatic rings. The van der Waals surface area contributed by atoms with E-state index in [1.807, 2.05) is 36.1 Å². The van der Waals surface area contributed by atoms with Crippen molar-refractivity contribution in [3.63, 3.8) is 0 Å². The Kier molecular flexibility index (Phi) is 3.78. The van der Waals surface area contributed by atoms with Gasteiger partial charge in [-0.2, -0.15) is 0 Å². The fraction of sp³-hybridized carbons (Fsp3) is 0.533. The summed E-state index contributed by atoms with van der Waals surface area (Å²) in [6.45, 7) is 3.91. The van der Waals surface area contributed by atoms with Crippen molar-refractivity contribution in [1.29, 1.82) is 0 Å². The average molecular weight is 276 g/mol. The Morgan fingerprint density at radius 1 is 1.30 bits per heavy atom. The lowest BCUT2D eigenvalue weighted by atomic mass is 10.2. The number of hydrogen-bond donors (Lipinski definition) is 1. The van der Waals surface area contributed by atoms with Crippen molar-refractivity contribution in [2.75, 3.05) is 25.1 Å². The van der Waals surface area contributed by atoms with Crippen molar-refractivity contribution < 1.29 is 14.3 Å². The fourth-order valence-electron chi connectivity index (χ4n) is 2.95. The molecule has 1 aromatic carbocycles. The van der Waals surface area contributed by atoms with E-state index in [4.69, 9.17) is 9.47 Å². The van der Waals surface area contributed by atoms with E-state index in [2.05, 4.69) is 5.32 Å². The van der Waals surface area contributed by atoms with E-state index in [1.165, 1.54) is 0 Å². The summed E-state index contributed by atoms with van der Waals surface area (Å²) in [5.74, 6) is 0.817. The van der Waals surface area contributed by atoms with Gasteiger partial charge in [-0.05, 0) is 44.0 Å². The number of benzene rings is 1. The lowest BCUT2D eigenvalue weighted by molar-refractivity contribution is 0.00949. The first-order valence-corrected chi connectivity index (χ1v) is 7.18. The maximum Gasteiger partial charge on any atom is 0.322 e. The summed E-state index contributed by atoms with van der Waals surface area (Å²) in [5, 5.41) is 2.96. The van der Waals surface area contributed by atoms with Gasteiger partial charge in [0.25, 0.3) is 0 Å². The van der Waals surface area contributed by atoms with E-state index in [9.17, 15) is 4.79 Å². The molecule has 0 aromatic heterocycles. The minimum Gasteiger partial charge on any atom is -0.494 e. The second kappa shape index (κ2) is 5.71. The largest absolute Gasteiger partial charge is 0.494 e. The average Bonchev–Trinajstić information content (AvgIpc) is 2.71. The van der Waals surface area contributed by atoms with E-state index in [1.54, 1.807) is 0 Å². The fourth-order valence-corrected chi connectivity index (χ4v) is 2.95. The first kappa shape index (κ1) is 13.2. The Balaban J connectivity index is 1.64. The van der Waals surface area contributed by atoms with Gasteiger partial charge < -0.3 is 19.7 Å². The molecule has 1 aromatic rings. The van der Waals surface area contributed by atoms with Crippen molar-refractivity contribution in [2.24, 2.45) is 0 Å². The third kappa shape index (κ3) is 2.58. The molecule has 0 spiro atoms. The molecule has 108 valence electrons. The maximum atomic E-state index is 12.4. The number of carbonyl (C=O) groups is 1. The highest BCUT2D eigenvalue weighted by Crippen LogP contribution is 2.29. The van der Waals surface area contributed by atoms with Gasteiger partial charge in [-0.3, -0.25) is 0 Å². The molecule has 2 aliphatic heterocycles. The molecule has 2 bridgehead atoms. The van der Waals surface area contributed by atoms with E-state index in [-0.39, 0.29) is 18.1 Å². The normalized spacial score (nSPS) is 24.6. The monoisotopic (exact) mass is 276 g/mol. The molecule has 2 heterocycles. The molecule has 20 heavy (non-hydrogen) atoms. The second-order valence-electron chi connectivity index (χ2n) is 5.22. The van der Waals surface area contributed by atoms with Crippen LogP contribution in [0.25, 0.3) is 0 Å². The summed E-state index contributed by atoms with van der Waals surface area (Å²) in [6.07, 6.45) is 2.09. The van der Waals surface area contributed by atoms with Gasteiger partial charge in [0.05, 0.1) is 31.9 Å². The Bertz CT molecular complexity index is 459. The molecule has 2 fully saturated rings. The van der Waals surface area contributed by atoms with Crippen LogP contribution in [-0.2, 0) is 4.74 Å². The van der Waals surface area contributed by atoms with Crippen molar-refractivity contribution in [3.05, 3.63) is 24.3 Å². The van der Waals surface area contributed by atoms with Crippen molar-refractivity contribution in [3.8, 4) is 5.75 Å². The van der Waals surface area contributed by atoms with Crippen LogP contribution >= 0.6 is 0 Å². The van der Waals surface area contributed by atoms with Crippen LogP contribution in [0.15, 0.2) is 24.3 Å². The van der Waals surface area contributed by atoms with E-state index in [0.29, 0.717) is 19.8 Å². The number of rotatable bonds is 3. The molecule has 0 saturated carbocycles. The number of carbonyl (C=O) groups excluding carboxylic acids is 1. The Morgan fingerprint density at radius 3 is 2.55 bits per heavy atom. The number of nitrogens with one attached hydrogen (secondary N) is 1. The number of hydrogen-bond acceptors (Lipinski definition) is 3. The number of nitrogens with zero attached hydrogens (tertiary/aromatic N) is 1. The molecule has 0 aliphatic carbocycles. The molecule has 0 unspecified atom stereocenters. The standard InChI is InChI=1S/C15H20N2O3/c1-2-20-14-7-3-11(4-8-14)16-15(18)17-12-5-6-13(17)10-19-9-12/h3-4,7-8,12-13H,2,5-6,9-10H2,1H3,(H,16,18)/t12-,13-/m1/s1. The smallest absolute Gasteiger partial charge is 0.322 e. The van der Waals surface area contributed by atoms with Crippen LogP contribution in [0.5, 0.6) is 5.75 Å². The van der Waals surface area contributed by atoms with Gasteiger partial charge in [-0.1, -0.05) is 0 Å². The Morgan fingerprint density at radius 2 is 1.95 bits per heavy atom.